The number of hydrogen-bond donors (Lipinski definition) is 1. The SMILES string of the molecule is Nc1cccc(COCC2CCCO2)c1F. The van der Waals surface area contributed by atoms with Crippen LogP contribution in [-0.4, -0.2) is 19.3 Å². The van der Waals surface area contributed by atoms with Crippen LogP contribution in [0.4, 0.5) is 10.1 Å². The highest BCUT2D eigenvalue weighted by Crippen LogP contribution is 2.17. The zero-order chi connectivity index (χ0) is 11.4. The van der Waals surface area contributed by atoms with Crippen LogP contribution < -0.4 is 5.73 Å². The molecule has 2 rings (SSSR count). The zero-order valence-corrected chi connectivity index (χ0v) is 9.12. The summed E-state index contributed by atoms with van der Waals surface area (Å²) >= 11 is 0. The minimum absolute atomic E-state index is 0.165. The summed E-state index contributed by atoms with van der Waals surface area (Å²) in [7, 11) is 0. The second kappa shape index (κ2) is 5.27. The Morgan fingerprint density at radius 1 is 1.50 bits per heavy atom. The molecule has 0 spiro atoms. The van der Waals surface area contributed by atoms with Gasteiger partial charge in [-0.25, -0.2) is 4.39 Å². The lowest BCUT2D eigenvalue weighted by Gasteiger charge is -2.10. The predicted octanol–water partition coefficient (Wildman–Crippen LogP) is 2.10. The highest BCUT2D eigenvalue weighted by Gasteiger charge is 2.15. The molecule has 1 heterocycles. The van der Waals surface area contributed by atoms with Crippen molar-refractivity contribution in [1.29, 1.82) is 0 Å². The van der Waals surface area contributed by atoms with Crippen molar-refractivity contribution in [3.05, 3.63) is 29.6 Å². The van der Waals surface area contributed by atoms with Gasteiger partial charge >= 0.3 is 0 Å². The van der Waals surface area contributed by atoms with Gasteiger partial charge < -0.3 is 15.2 Å². The molecule has 88 valence electrons. The first-order valence-corrected chi connectivity index (χ1v) is 5.49. The first kappa shape index (κ1) is 11.4. The van der Waals surface area contributed by atoms with Gasteiger partial charge in [0.1, 0.15) is 0 Å². The van der Waals surface area contributed by atoms with E-state index in [1.807, 2.05) is 0 Å². The average Bonchev–Trinajstić information content (AvgIpc) is 2.77. The van der Waals surface area contributed by atoms with Crippen LogP contribution in [0.25, 0.3) is 0 Å². The Bertz CT molecular complexity index is 351. The van der Waals surface area contributed by atoms with E-state index in [-0.39, 0.29) is 24.2 Å². The molecule has 1 aliphatic heterocycles. The van der Waals surface area contributed by atoms with E-state index in [4.69, 9.17) is 15.2 Å². The van der Waals surface area contributed by atoms with Crippen molar-refractivity contribution in [3.63, 3.8) is 0 Å². The van der Waals surface area contributed by atoms with E-state index in [1.54, 1.807) is 18.2 Å². The van der Waals surface area contributed by atoms with Gasteiger partial charge in [0.15, 0.2) is 5.82 Å². The Balaban J connectivity index is 1.82. The normalized spacial score (nSPS) is 20.2. The molecule has 0 radical (unpaired) electrons. The third-order valence-electron chi connectivity index (χ3n) is 2.69. The van der Waals surface area contributed by atoms with Gasteiger partial charge in [-0.15, -0.1) is 0 Å². The molecule has 0 bridgehead atoms. The van der Waals surface area contributed by atoms with Crippen LogP contribution in [0.1, 0.15) is 18.4 Å². The van der Waals surface area contributed by atoms with Crippen molar-refractivity contribution in [2.75, 3.05) is 18.9 Å². The molecule has 3 nitrogen and oxygen atoms in total. The van der Waals surface area contributed by atoms with Crippen LogP contribution in [0.3, 0.4) is 0 Å². The minimum atomic E-state index is -0.380. The molecule has 0 aliphatic carbocycles. The van der Waals surface area contributed by atoms with Crippen LogP contribution in [0, 0.1) is 5.82 Å². The Morgan fingerprint density at radius 2 is 2.38 bits per heavy atom. The Kier molecular flexibility index (Phi) is 3.74. The number of nitrogen functional groups attached to an aromatic ring is 1. The molecule has 16 heavy (non-hydrogen) atoms. The zero-order valence-electron chi connectivity index (χ0n) is 9.12. The molecule has 1 aromatic rings. The van der Waals surface area contributed by atoms with E-state index in [0.717, 1.165) is 19.4 Å². The number of anilines is 1. The molecule has 1 aliphatic rings. The summed E-state index contributed by atoms with van der Waals surface area (Å²) in [5, 5.41) is 0. The van der Waals surface area contributed by atoms with Gasteiger partial charge in [0, 0.05) is 12.2 Å². The number of nitrogens with two attached hydrogens (primary N) is 1. The van der Waals surface area contributed by atoms with Crippen LogP contribution in [0.2, 0.25) is 0 Å². The molecule has 1 unspecified atom stereocenters. The molecule has 1 aromatic carbocycles. The van der Waals surface area contributed by atoms with Crippen LogP contribution in [0.5, 0.6) is 0 Å². The second-order valence-corrected chi connectivity index (χ2v) is 3.97. The number of rotatable bonds is 4. The lowest BCUT2D eigenvalue weighted by Crippen LogP contribution is -2.14. The Morgan fingerprint density at radius 3 is 3.12 bits per heavy atom. The molecule has 2 N–H and O–H groups in total. The number of benzene rings is 1. The summed E-state index contributed by atoms with van der Waals surface area (Å²) in [6, 6.07) is 4.95. The van der Waals surface area contributed by atoms with Gasteiger partial charge in [0.05, 0.1) is 25.0 Å². The topological polar surface area (TPSA) is 44.5 Å². The standard InChI is InChI=1S/C12H16FNO2/c13-12-9(3-1-5-11(12)14)7-15-8-10-4-2-6-16-10/h1,3,5,10H,2,4,6-8,14H2. The highest BCUT2D eigenvalue weighted by atomic mass is 19.1. The quantitative estimate of drug-likeness (QED) is 0.798. The van der Waals surface area contributed by atoms with Crippen molar-refractivity contribution in [2.24, 2.45) is 0 Å². The van der Waals surface area contributed by atoms with Crippen LogP contribution in [0.15, 0.2) is 18.2 Å². The van der Waals surface area contributed by atoms with Gasteiger partial charge in [-0.1, -0.05) is 12.1 Å². The maximum atomic E-state index is 13.5. The largest absolute Gasteiger partial charge is 0.396 e. The van der Waals surface area contributed by atoms with Crippen LogP contribution >= 0.6 is 0 Å². The van der Waals surface area contributed by atoms with Gasteiger partial charge in [-0.3, -0.25) is 0 Å². The molecule has 0 saturated carbocycles. The van der Waals surface area contributed by atoms with Crippen molar-refractivity contribution in [1.82, 2.24) is 0 Å². The van der Waals surface area contributed by atoms with Gasteiger partial charge in [-0.05, 0) is 18.9 Å². The Labute approximate surface area is 94.3 Å². The maximum Gasteiger partial charge on any atom is 0.151 e. The summed E-state index contributed by atoms with van der Waals surface area (Å²) in [6.45, 7) is 1.58. The van der Waals surface area contributed by atoms with Gasteiger partial charge in [0.25, 0.3) is 0 Å². The first-order valence-electron chi connectivity index (χ1n) is 5.49. The molecule has 0 aromatic heterocycles. The molecular weight excluding hydrogens is 209 g/mol. The fourth-order valence-corrected chi connectivity index (χ4v) is 1.79. The average molecular weight is 225 g/mol. The summed E-state index contributed by atoms with van der Waals surface area (Å²) < 4.78 is 24.3. The predicted molar refractivity (Wildman–Crippen MR) is 59.4 cm³/mol. The summed E-state index contributed by atoms with van der Waals surface area (Å²) in [6.07, 6.45) is 2.28. The van der Waals surface area contributed by atoms with E-state index < -0.39 is 0 Å². The fraction of sp³-hybridized carbons (Fsp3) is 0.500. The number of hydrogen-bond acceptors (Lipinski definition) is 3. The van der Waals surface area contributed by atoms with E-state index >= 15 is 0 Å². The van der Waals surface area contributed by atoms with E-state index in [0.29, 0.717) is 12.2 Å². The van der Waals surface area contributed by atoms with Crippen molar-refractivity contribution in [2.45, 2.75) is 25.6 Å². The molecule has 1 saturated heterocycles. The van der Waals surface area contributed by atoms with Gasteiger partial charge in [0.2, 0.25) is 0 Å². The summed E-state index contributed by atoms with van der Waals surface area (Å²) in [5.41, 5.74) is 6.12. The minimum Gasteiger partial charge on any atom is -0.396 e. The maximum absolute atomic E-state index is 13.5. The molecule has 4 heteroatoms. The summed E-state index contributed by atoms with van der Waals surface area (Å²) in [5.74, 6) is -0.380. The van der Waals surface area contributed by atoms with E-state index in [9.17, 15) is 4.39 Å². The van der Waals surface area contributed by atoms with Gasteiger partial charge in [-0.2, -0.15) is 0 Å². The third-order valence-corrected chi connectivity index (χ3v) is 2.69. The van der Waals surface area contributed by atoms with Crippen molar-refractivity contribution >= 4 is 5.69 Å². The molecular formula is C12H16FNO2. The summed E-state index contributed by atoms with van der Waals surface area (Å²) in [4.78, 5) is 0. The first-order chi connectivity index (χ1) is 7.77. The lowest BCUT2D eigenvalue weighted by atomic mass is 10.2. The second-order valence-electron chi connectivity index (χ2n) is 3.97. The monoisotopic (exact) mass is 225 g/mol. The third kappa shape index (κ3) is 2.71. The molecule has 1 atom stereocenters. The molecule has 1 fully saturated rings. The number of ether oxygens (including phenoxy) is 2. The molecule has 0 amide bonds. The number of halogens is 1. The highest BCUT2D eigenvalue weighted by molar-refractivity contribution is 5.42. The lowest BCUT2D eigenvalue weighted by molar-refractivity contribution is 0.00985. The fourth-order valence-electron chi connectivity index (χ4n) is 1.79. The van der Waals surface area contributed by atoms with E-state index in [1.165, 1.54) is 0 Å². The van der Waals surface area contributed by atoms with Crippen molar-refractivity contribution < 1.29 is 13.9 Å². The van der Waals surface area contributed by atoms with E-state index in [2.05, 4.69) is 0 Å². The van der Waals surface area contributed by atoms with Crippen molar-refractivity contribution in [3.8, 4) is 0 Å². The smallest absolute Gasteiger partial charge is 0.151 e. The van der Waals surface area contributed by atoms with Crippen LogP contribution in [-0.2, 0) is 16.1 Å². The Hall–Kier alpha value is -1.13.